The van der Waals surface area contributed by atoms with Gasteiger partial charge in [0.05, 0.1) is 11.9 Å². The zero-order chi connectivity index (χ0) is 17.6. The maximum Gasteiger partial charge on any atom is 0.270 e. The number of rotatable bonds is 5. The van der Waals surface area contributed by atoms with Gasteiger partial charge in [-0.1, -0.05) is 42.5 Å². The normalized spacial score (nSPS) is 10.3. The van der Waals surface area contributed by atoms with Crippen LogP contribution in [0, 0.1) is 6.92 Å². The van der Waals surface area contributed by atoms with E-state index in [1.807, 2.05) is 79.5 Å². The molecule has 3 aromatic rings. The number of pyridine rings is 1. The third kappa shape index (κ3) is 4.04. The topological polar surface area (TPSA) is 45.2 Å². The Hall–Kier alpha value is -3.14. The highest BCUT2D eigenvalue weighted by Crippen LogP contribution is 2.22. The monoisotopic (exact) mass is 331 g/mol. The lowest BCUT2D eigenvalue weighted by molar-refractivity contribution is 0.0946. The van der Waals surface area contributed by atoms with E-state index in [-0.39, 0.29) is 5.91 Å². The van der Waals surface area contributed by atoms with E-state index in [1.54, 1.807) is 12.3 Å². The van der Waals surface area contributed by atoms with Crippen molar-refractivity contribution >= 4 is 17.3 Å². The Bertz CT molecular complexity index is 845. The molecule has 0 spiro atoms. The van der Waals surface area contributed by atoms with Crippen LogP contribution >= 0.6 is 0 Å². The van der Waals surface area contributed by atoms with Gasteiger partial charge in [-0.2, -0.15) is 0 Å². The molecule has 0 unspecified atom stereocenters. The van der Waals surface area contributed by atoms with E-state index in [4.69, 9.17) is 0 Å². The molecule has 0 fully saturated rings. The first kappa shape index (κ1) is 16.7. The smallest absolute Gasteiger partial charge is 0.270 e. The lowest BCUT2D eigenvalue weighted by Crippen LogP contribution is -2.24. The summed E-state index contributed by atoms with van der Waals surface area (Å²) in [6, 6.07) is 21.7. The zero-order valence-corrected chi connectivity index (χ0v) is 14.4. The molecule has 1 amide bonds. The number of aromatic nitrogens is 1. The first-order valence-electron chi connectivity index (χ1n) is 8.22. The van der Waals surface area contributed by atoms with Crippen LogP contribution in [-0.2, 0) is 6.54 Å². The lowest BCUT2D eigenvalue weighted by Gasteiger charge is -2.19. The van der Waals surface area contributed by atoms with Crippen LogP contribution in [0.4, 0.5) is 11.4 Å². The Morgan fingerprint density at radius 3 is 2.36 bits per heavy atom. The molecule has 0 aliphatic rings. The highest BCUT2D eigenvalue weighted by Gasteiger charge is 2.09. The molecule has 0 aliphatic heterocycles. The summed E-state index contributed by atoms with van der Waals surface area (Å²) in [5.74, 6) is -0.169. The quantitative estimate of drug-likeness (QED) is 0.766. The molecule has 1 aromatic heterocycles. The Morgan fingerprint density at radius 2 is 1.68 bits per heavy atom. The minimum atomic E-state index is -0.169. The third-order valence-electron chi connectivity index (χ3n) is 4.21. The van der Waals surface area contributed by atoms with Gasteiger partial charge in [-0.3, -0.25) is 4.79 Å². The fourth-order valence-electron chi connectivity index (χ4n) is 2.59. The molecule has 4 heteroatoms. The largest absolute Gasteiger partial charge is 0.347 e. The number of benzene rings is 2. The van der Waals surface area contributed by atoms with Gasteiger partial charge in [0.25, 0.3) is 5.91 Å². The summed E-state index contributed by atoms with van der Waals surface area (Å²) < 4.78 is 0. The molecular weight excluding hydrogens is 310 g/mol. The molecular formula is C21H21N3O. The highest BCUT2D eigenvalue weighted by atomic mass is 16.1. The predicted octanol–water partition coefficient (Wildman–Crippen LogP) is 4.09. The number of aryl methyl sites for hydroxylation is 1. The van der Waals surface area contributed by atoms with Crippen molar-refractivity contribution in [3.05, 3.63) is 89.7 Å². The number of para-hydroxylation sites is 1. The summed E-state index contributed by atoms with van der Waals surface area (Å²) in [6.45, 7) is 2.53. The van der Waals surface area contributed by atoms with Crippen LogP contribution in [-0.4, -0.2) is 17.9 Å². The van der Waals surface area contributed by atoms with Crippen LogP contribution in [0.1, 0.15) is 21.6 Å². The van der Waals surface area contributed by atoms with E-state index in [0.717, 1.165) is 22.5 Å². The van der Waals surface area contributed by atoms with E-state index in [9.17, 15) is 4.79 Å². The lowest BCUT2D eigenvalue weighted by atomic mass is 10.1. The minimum Gasteiger partial charge on any atom is -0.347 e. The number of hydrogen-bond donors (Lipinski definition) is 1. The minimum absolute atomic E-state index is 0.169. The Kier molecular flexibility index (Phi) is 5.09. The van der Waals surface area contributed by atoms with Gasteiger partial charge in [-0.15, -0.1) is 0 Å². The average Bonchev–Trinajstić information content (AvgIpc) is 2.67. The maximum absolute atomic E-state index is 12.3. The van der Waals surface area contributed by atoms with Crippen molar-refractivity contribution in [2.45, 2.75) is 13.5 Å². The molecule has 1 heterocycles. The summed E-state index contributed by atoms with van der Waals surface area (Å²) in [7, 11) is 1.98. The number of nitrogens with one attached hydrogen (secondary N) is 1. The van der Waals surface area contributed by atoms with Crippen molar-refractivity contribution in [3.63, 3.8) is 0 Å². The van der Waals surface area contributed by atoms with Gasteiger partial charge in [0.15, 0.2) is 0 Å². The van der Waals surface area contributed by atoms with Gasteiger partial charge in [0.1, 0.15) is 5.69 Å². The summed E-state index contributed by atoms with van der Waals surface area (Å²) in [4.78, 5) is 18.6. The standard InChI is InChI=1S/C21H21N3O/c1-16-8-6-7-9-17(16)14-23-21(25)20-13-12-19(15-22-20)24(2)18-10-4-3-5-11-18/h3-13,15H,14H2,1-2H3,(H,23,25). The van der Waals surface area contributed by atoms with Crippen molar-refractivity contribution in [2.24, 2.45) is 0 Å². The van der Waals surface area contributed by atoms with Crippen LogP contribution in [0.5, 0.6) is 0 Å². The number of amides is 1. The molecule has 0 saturated carbocycles. The molecule has 25 heavy (non-hydrogen) atoms. The number of hydrogen-bond acceptors (Lipinski definition) is 3. The molecule has 2 aromatic carbocycles. The SMILES string of the molecule is Cc1ccccc1CNC(=O)c1ccc(N(C)c2ccccc2)cn1. The molecule has 1 N–H and O–H groups in total. The molecule has 0 atom stereocenters. The van der Waals surface area contributed by atoms with Gasteiger partial charge in [0.2, 0.25) is 0 Å². The third-order valence-corrected chi connectivity index (χ3v) is 4.21. The summed E-state index contributed by atoms with van der Waals surface area (Å²) in [5.41, 5.74) is 4.69. The van der Waals surface area contributed by atoms with Crippen LogP contribution in [0.15, 0.2) is 72.9 Å². The van der Waals surface area contributed by atoms with E-state index in [1.165, 1.54) is 0 Å². The fraction of sp³-hybridized carbons (Fsp3) is 0.143. The molecule has 0 bridgehead atoms. The molecule has 4 nitrogen and oxygen atoms in total. The van der Waals surface area contributed by atoms with E-state index < -0.39 is 0 Å². The Morgan fingerprint density at radius 1 is 0.960 bits per heavy atom. The number of carbonyl (C=O) groups is 1. The second kappa shape index (κ2) is 7.62. The van der Waals surface area contributed by atoms with Crippen molar-refractivity contribution in [1.82, 2.24) is 10.3 Å². The van der Waals surface area contributed by atoms with Gasteiger partial charge >= 0.3 is 0 Å². The second-order valence-corrected chi connectivity index (χ2v) is 5.91. The van der Waals surface area contributed by atoms with Crippen molar-refractivity contribution in [1.29, 1.82) is 0 Å². The number of anilines is 2. The summed E-state index contributed by atoms with van der Waals surface area (Å²) in [6.07, 6.45) is 1.72. The fourth-order valence-corrected chi connectivity index (χ4v) is 2.59. The molecule has 3 rings (SSSR count). The van der Waals surface area contributed by atoms with Crippen molar-refractivity contribution in [2.75, 3.05) is 11.9 Å². The predicted molar refractivity (Wildman–Crippen MR) is 101 cm³/mol. The molecule has 0 aliphatic carbocycles. The van der Waals surface area contributed by atoms with E-state index in [0.29, 0.717) is 12.2 Å². The van der Waals surface area contributed by atoms with Gasteiger partial charge in [0, 0.05) is 19.3 Å². The number of carbonyl (C=O) groups excluding carboxylic acids is 1. The molecule has 0 radical (unpaired) electrons. The van der Waals surface area contributed by atoms with Crippen LogP contribution in [0.2, 0.25) is 0 Å². The Labute approximate surface area is 148 Å². The zero-order valence-electron chi connectivity index (χ0n) is 14.4. The summed E-state index contributed by atoms with van der Waals surface area (Å²) in [5, 5.41) is 2.92. The van der Waals surface area contributed by atoms with Crippen molar-refractivity contribution in [3.8, 4) is 0 Å². The summed E-state index contributed by atoms with van der Waals surface area (Å²) >= 11 is 0. The van der Waals surface area contributed by atoms with E-state index in [2.05, 4.69) is 10.3 Å². The van der Waals surface area contributed by atoms with Gasteiger partial charge < -0.3 is 10.2 Å². The first-order valence-corrected chi connectivity index (χ1v) is 8.22. The molecule has 0 saturated heterocycles. The maximum atomic E-state index is 12.3. The highest BCUT2D eigenvalue weighted by molar-refractivity contribution is 5.92. The Balaban J connectivity index is 1.65. The van der Waals surface area contributed by atoms with E-state index >= 15 is 0 Å². The van der Waals surface area contributed by atoms with Gasteiger partial charge in [-0.25, -0.2) is 4.98 Å². The second-order valence-electron chi connectivity index (χ2n) is 5.91. The first-order chi connectivity index (χ1) is 12.1. The van der Waals surface area contributed by atoms with Gasteiger partial charge in [-0.05, 0) is 42.3 Å². The number of nitrogens with zero attached hydrogens (tertiary/aromatic N) is 2. The van der Waals surface area contributed by atoms with Crippen LogP contribution < -0.4 is 10.2 Å². The van der Waals surface area contributed by atoms with Crippen molar-refractivity contribution < 1.29 is 4.79 Å². The molecule has 126 valence electrons. The average molecular weight is 331 g/mol. The van der Waals surface area contributed by atoms with Crippen LogP contribution in [0.3, 0.4) is 0 Å². The van der Waals surface area contributed by atoms with Crippen LogP contribution in [0.25, 0.3) is 0 Å².